The Hall–Kier alpha value is -3.10. The molecule has 8 heteroatoms. The zero-order valence-corrected chi connectivity index (χ0v) is 21.1. The second kappa shape index (κ2) is 10.7. The fourth-order valence-electron chi connectivity index (χ4n) is 4.48. The van der Waals surface area contributed by atoms with E-state index in [2.05, 4.69) is 41.0 Å². The van der Waals surface area contributed by atoms with Crippen molar-refractivity contribution in [3.8, 4) is 11.4 Å². The Kier molecular flexibility index (Phi) is 7.20. The zero-order chi connectivity index (χ0) is 24.2. The molecule has 1 saturated heterocycles. The number of amides is 1. The topological polar surface area (TPSA) is 75.4 Å². The number of hydrogen-bond acceptors (Lipinski definition) is 7. The molecule has 2 aromatic heterocycles. The van der Waals surface area contributed by atoms with Gasteiger partial charge < -0.3 is 9.42 Å². The van der Waals surface area contributed by atoms with Crippen LogP contribution in [0.4, 0.5) is 0 Å². The molecule has 0 saturated carbocycles. The predicted molar refractivity (Wildman–Crippen MR) is 138 cm³/mol. The molecule has 1 fully saturated rings. The number of rotatable bonds is 8. The number of thiazole rings is 1. The van der Waals surface area contributed by atoms with Crippen molar-refractivity contribution in [3.05, 3.63) is 65.0 Å². The summed E-state index contributed by atoms with van der Waals surface area (Å²) in [5, 5.41) is 5.33. The maximum absolute atomic E-state index is 12.7. The van der Waals surface area contributed by atoms with Crippen molar-refractivity contribution in [2.45, 2.75) is 45.6 Å². The molecular weight excluding hydrogens is 458 g/mol. The maximum atomic E-state index is 12.7. The van der Waals surface area contributed by atoms with Gasteiger partial charge in [0.1, 0.15) is 0 Å². The third-order valence-electron chi connectivity index (χ3n) is 6.69. The van der Waals surface area contributed by atoms with Crippen molar-refractivity contribution < 1.29 is 9.32 Å². The van der Waals surface area contributed by atoms with E-state index in [1.54, 1.807) is 11.3 Å². The molecule has 1 aliphatic heterocycles. The molecule has 2 aromatic carbocycles. The Balaban J connectivity index is 1.06. The summed E-state index contributed by atoms with van der Waals surface area (Å²) >= 11 is 1.76. The Morgan fingerprint density at radius 1 is 1.03 bits per heavy atom. The number of unbranched alkanes of at least 4 members (excludes halogenated alkanes) is 1. The van der Waals surface area contributed by atoms with Gasteiger partial charge in [0.15, 0.2) is 0 Å². The lowest BCUT2D eigenvalue weighted by Crippen LogP contribution is -2.49. The number of para-hydroxylation sites is 1. The molecule has 0 N–H and O–H groups in total. The first kappa shape index (κ1) is 23.6. The van der Waals surface area contributed by atoms with Crippen molar-refractivity contribution in [2.24, 2.45) is 0 Å². The summed E-state index contributed by atoms with van der Waals surface area (Å²) in [6.07, 6.45) is 3.43. The SMILES string of the molecule is Cc1ccc(-c2noc(C(C)N3CCN(C(=O)CCCCc4nc5ccccc5s4)CC3)n2)cc1. The molecule has 1 aliphatic rings. The summed E-state index contributed by atoms with van der Waals surface area (Å²) in [6, 6.07) is 16.4. The van der Waals surface area contributed by atoms with Gasteiger partial charge >= 0.3 is 0 Å². The molecule has 0 spiro atoms. The summed E-state index contributed by atoms with van der Waals surface area (Å²) in [5.41, 5.74) is 3.23. The summed E-state index contributed by atoms with van der Waals surface area (Å²) in [5.74, 6) is 1.49. The van der Waals surface area contributed by atoms with E-state index in [1.165, 1.54) is 10.3 Å². The highest BCUT2D eigenvalue weighted by atomic mass is 32.1. The van der Waals surface area contributed by atoms with Gasteiger partial charge in [-0.05, 0) is 45.2 Å². The van der Waals surface area contributed by atoms with E-state index in [4.69, 9.17) is 9.51 Å². The van der Waals surface area contributed by atoms with E-state index >= 15 is 0 Å². The number of carbonyl (C=O) groups excluding carboxylic acids is 1. The number of nitrogens with zero attached hydrogens (tertiary/aromatic N) is 5. The first-order valence-electron chi connectivity index (χ1n) is 12.3. The second-order valence-electron chi connectivity index (χ2n) is 9.20. The zero-order valence-electron chi connectivity index (χ0n) is 20.3. The fraction of sp³-hybridized carbons (Fsp3) is 0.407. The summed E-state index contributed by atoms with van der Waals surface area (Å²) < 4.78 is 6.81. The molecule has 0 bridgehead atoms. The Morgan fingerprint density at radius 2 is 1.80 bits per heavy atom. The van der Waals surface area contributed by atoms with Crippen molar-refractivity contribution in [1.82, 2.24) is 24.9 Å². The van der Waals surface area contributed by atoms with Crippen LogP contribution < -0.4 is 0 Å². The molecule has 0 radical (unpaired) electrons. The second-order valence-corrected chi connectivity index (χ2v) is 10.3. The largest absolute Gasteiger partial charge is 0.340 e. The minimum Gasteiger partial charge on any atom is -0.340 e. The summed E-state index contributed by atoms with van der Waals surface area (Å²) in [4.78, 5) is 26.4. The molecule has 35 heavy (non-hydrogen) atoms. The molecule has 5 rings (SSSR count). The monoisotopic (exact) mass is 489 g/mol. The highest BCUT2D eigenvalue weighted by Gasteiger charge is 2.27. The molecule has 4 aromatic rings. The van der Waals surface area contributed by atoms with Crippen LogP contribution in [0.3, 0.4) is 0 Å². The van der Waals surface area contributed by atoms with Crippen LogP contribution in [0.5, 0.6) is 0 Å². The number of hydrogen-bond donors (Lipinski definition) is 0. The minimum atomic E-state index is 0.0211. The lowest BCUT2D eigenvalue weighted by Gasteiger charge is -2.36. The standard InChI is InChI=1S/C27H31N5O2S/c1-19-11-13-21(14-12-19)26-29-27(34-30-26)20(2)31-15-17-32(18-16-31)25(33)10-6-5-9-24-28-22-7-3-4-8-23(22)35-24/h3-4,7-8,11-14,20H,5-6,9-10,15-18H2,1-2H3. The van der Waals surface area contributed by atoms with Crippen LogP contribution in [0.2, 0.25) is 0 Å². The van der Waals surface area contributed by atoms with Gasteiger partial charge in [-0.3, -0.25) is 9.69 Å². The fourth-order valence-corrected chi connectivity index (χ4v) is 5.49. The van der Waals surface area contributed by atoms with Gasteiger partial charge in [-0.2, -0.15) is 4.98 Å². The van der Waals surface area contributed by atoms with Crippen molar-refractivity contribution >= 4 is 27.5 Å². The van der Waals surface area contributed by atoms with Crippen LogP contribution in [0.25, 0.3) is 21.6 Å². The van der Waals surface area contributed by atoms with Gasteiger partial charge in [-0.15, -0.1) is 11.3 Å². The number of aromatic nitrogens is 3. The predicted octanol–water partition coefficient (Wildman–Crippen LogP) is 5.27. The van der Waals surface area contributed by atoms with Crippen molar-refractivity contribution in [3.63, 3.8) is 0 Å². The van der Waals surface area contributed by atoms with Crippen LogP contribution in [0.1, 0.15) is 48.7 Å². The van der Waals surface area contributed by atoms with Crippen LogP contribution >= 0.6 is 11.3 Å². The lowest BCUT2D eigenvalue weighted by molar-refractivity contribution is -0.133. The number of fused-ring (bicyclic) bond motifs is 1. The molecule has 7 nitrogen and oxygen atoms in total. The first-order chi connectivity index (χ1) is 17.1. The van der Waals surface area contributed by atoms with Gasteiger partial charge in [0.05, 0.1) is 21.3 Å². The quantitative estimate of drug-likeness (QED) is 0.314. The van der Waals surface area contributed by atoms with Crippen LogP contribution in [-0.2, 0) is 11.2 Å². The average molecular weight is 490 g/mol. The van der Waals surface area contributed by atoms with Crippen LogP contribution in [0.15, 0.2) is 53.1 Å². The smallest absolute Gasteiger partial charge is 0.244 e. The van der Waals surface area contributed by atoms with Crippen LogP contribution in [0, 0.1) is 6.92 Å². The van der Waals surface area contributed by atoms with Gasteiger partial charge in [0.2, 0.25) is 17.6 Å². The van der Waals surface area contributed by atoms with E-state index in [0.717, 1.165) is 61.5 Å². The molecular formula is C27H31N5O2S. The number of benzene rings is 2. The lowest BCUT2D eigenvalue weighted by atomic mass is 10.1. The van der Waals surface area contributed by atoms with Crippen LogP contribution in [-0.4, -0.2) is 57.0 Å². The molecule has 1 amide bonds. The molecule has 1 unspecified atom stereocenters. The molecule has 3 heterocycles. The highest BCUT2D eigenvalue weighted by molar-refractivity contribution is 7.18. The normalized spacial score (nSPS) is 15.5. The third kappa shape index (κ3) is 5.60. The van der Waals surface area contributed by atoms with Gasteiger partial charge in [-0.1, -0.05) is 47.1 Å². The Labute approximate surface area is 209 Å². The minimum absolute atomic E-state index is 0.0211. The van der Waals surface area contributed by atoms with Crippen molar-refractivity contribution in [2.75, 3.05) is 26.2 Å². The van der Waals surface area contributed by atoms with E-state index in [1.807, 2.05) is 41.3 Å². The van der Waals surface area contributed by atoms with E-state index in [9.17, 15) is 4.79 Å². The Morgan fingerprint density at radius 3 is 2.57 bits per heavy atom. The van der Waals surface area contributed by atoms with E-state index in [0.29, 0.717) is 18.1 Å². The van der Waals surface area contributed by atoms with E-state index < -0.39 is 0 Å². The Bertz CT molecular complexity index is 1240. The molecule has 182 valence electrons. The van der Waals surface area contributed by atoms with Gasteiger partial charge in [0, 0.05) is 38.2 Å². The number of carbonyl (C=O) groups is 1. The van der Waals surface area contributed by atoms with Gasteiger partial charge in [0.25, 0.3) is 0 Å². The summed E-state index contributed by atoms with van der Waals surface area (Å²) in [6.45, 7) is 7.23. The maximum Gasteiger partial charge on any atom is 0.244 e. The number of piperazine rings is 1. The van der Waals surface area contributed by atoms with Crippen molar-refractivity contribution in [1.29, 1.82) is 0 Å². The first-order valence-corrected chi connectivity index (χ1v) is 13.2. The average Bonchev–Trinajstić information content (AvgIpc) is 3.54. The molecule has 0 aliphatic carbocycles. The summed E-state index contributed by atoms with van der Waals surface area (Å²) in [7, 11) is 0. The van der Waals surface area contributed by atoms with Gasteiger partial charge in [-0.25, -0.2) is 4.98 Å². The third-order valence-corrected chi connectivity index (χ3v) is 7.79. The van der Waals surface area contributed by atoms with E-state index in [-0.39, 0.29) is 11.9 Å². The number of aryl methyl sites for hydroxylation is 2. The molecule has 1 atom stereocenters. The highest BCUT2D eigenvalue weighted by Crippen LogP contribution is 2.25.